The zero-order valence-electron chi connectivity index (χ0n) is 11.1. The number of hydrogen-bond acceptors (Lipinski definition) is 7. The first kappa shape index (κ1) is 16.0. The van der Waals surface area contributed by atoms with Gasteiger partial charge in [-0.15, -0.1) is 11.3 Å². The van der Waals surface area contributed by atoms with Crippen molar-refractivity contribution in [3.63, 3.8) is 0 Å². The molecule has 0 aliphatic rings. The Kier molecular flexibility index (Phi) is 4.83. The van der Waals surface area contributed by atoms with Gasteiger partial charge in [0, 0.05) is 6.07 Å². The van der Waals surface area contributed by atoms with Crippen molar-refractivity contribution in [1.29, 1.82) is 0 Å². The summed E-state index contributed by atoms with van der Waals surface area (Å²) in [4.78, 5) is 21.2. The van der Waals surface area contributed by atoms with E-state index in [1.54, 1.807) is 6.92 Å². The Labute approximate surface area is 136 Å². The summed E-state index contributed by atoms with van der Waals surface area (Å²) >= 11 is 4.81. The smallest absolute Gasteiger partial charge is 0.271 e. The van der Waals surface area contributed by atoms with Crippen LogP contribution in [0.1, 0.15) is 11.8 Å². The van der Waals surface area contributed by atoms with Crippen LogP contribution in [0.3, 0.4) is 0 Å². The van der Waals surface area contributed by atoms with Gasteiger partial charge in [0.1, 0.15) is 5.69 Å². The Bertz CT molecular complexity index is 774. The fourth-order valence-electron chi connectivity index (χ4n) is 1.59. The molecule has 1 aromatic heterocycles. The molecule has 1 heterocycles. The van der Waals surface area contributed by atoms with Crippen LogP contribution in [0.25, 0.3) is 0 Å². The molecular formula is C12H9BrN4O4S. The highest BCUT2D eigenvalue weighted by molar-refractivity contribution is 9.11. The molecule has 0 aliphatic heterocycles. The minimum atomic E-state index is -0.693. The Morgan fingerprint density at radius 3 is 2.50 bits per heavy atom. The highest BCUT2D eigenvalue weighted by atomic mass is 79.9. The molecule has 1 aromatic carbocycles. The van der Waals surface area contributed by atoms with E-state index in [0.29, 0.717) is 5.71 Å². The average Bonchev–Trinajstić information content (AvgIpc) is 2.91. The van der Waals surface area contributed by atoms with Crippen LogP contribution in [0.4, 0.5) is 17.1 Å². The SMILES string of the molecule is C/C(=N/Nc1ccc([N+](=O)[O-])cc1[N+](=O)[O-])c1ccc(Br)s1. The number of halogens is 1. The zero-order valence-corrected chi connectivity index (χ0v) is 13.6. The minimum Gasteiger partial charge on any atom is -0.271 e. The zero-order chi connectivity index (χ0) is 16.3. The van der Waals surface area contributed by atoms with Crippen LogP contribution >= 0.6 is 27.3 Å². The lowest BCUT2D eigenvalue weighted by Crippen LogP contribution is -2.01. The van der Waals surface area contributed by atoms with E-state index >= 15 is 0 Å². The van der Waals surface area contributed by atoms with E-state index in [0.717, 1.165) is 14.7 Å². The van der Waals surface area contributed by atoms with Crippen molar-refractivity contribution in [3.05, 3.63) is 59.2 Å². The molecule has 22 heavy (non-hydrogen) atoms. The van der Waals surface area contributed by atoms with Crippen molar-refractivity contribution in [2.24, 2.45) is 5.10 Å². The predicted molar refractivity (Wildman–Crippen MR) is 87.6 cm³/mol. The summed E-state index contributed by atoms with van der Waals surface area (Å²) in [5.41, 5.74) is 2.56. The molecule has 0 atom stereocenters. The highest BCUT2D eigenvalue weighted by Gasteiger charge is 2.19. The number of anilines is 1. The summed E-state index contributed by atoms with van der Waals surface area (Å²) in [6, 6.07) is 7.07. The van der Waals surface area contributed by atoms with Crippen LogP contribution in [0.15, 0.2) is 39.2 Å². The van der Waals surface area contributed by atoms with E-state index in [1.807, 2.05) is 12.1 Å². The second kappa shape index (κ2) is 6.62. The molecule has 0 radical (unpaired) electrons. The maximum absolute atomic E-state index is 11.0. The van der Waals surface area contributed by atoms with Gasteiger partial charge in [-0.3, -0.25) is 25.7 Å². The molecule has 0 bridgehead atoms. The predicted octanol–water partition coefficient (Wildman–Crippen LogP) is 4.16. The number of nitro benzene ring substituents is 2. The Hall–Kier alpha value is -2.33. The molecule has 0 amide bonds. The number of thiophene rings is 1. The number of hydrogen-bond donors (Lipinski definition) is 1. The van der Waals surface area contributed by atoms with Gasteiger partial charge in [0.05, 0.1) is 30.3 Å². The Balaban J connectivity index is 2.29. The number of benzene rings is 1. The molecule has 0 fully saturated rings. The lowest BCUT2D eigenvalue weighted by Gasteiger charge is -2.03. The van der Waals surface area contributed by atoms with E-state index in [-0.39, 0.29) is 11.4 Å². The Morgan fingerprint density at radius 2 is 1.95 bits per heavy atom. The quantitative estimate of drug-likeness (QED) is 0.472. The Morgan fingerprint density at radius 1 is 1.23 bits per heavy atom. The first-order chi connectivity index (χ1) is 10.4. The summed E-state index contributed by atoms with van der Waals surface area (Å²) in [7, 11) is 0. The molecule has 114 valence electrons. The van der Waals surface area contributed by atoms with E-state index in [2.05, 4.69) is 26.5 Å². The first-order valence-electron chi connectivity index (χ1n) is 5.87. The lowest BCUT2D eigenvalue weighted by molar-refractivity contribution is -0.393. The maximum atomic E-state index is 11.0. The number of non-ortho nitro benzene ring substituents is 1. The summed E-state index contributed by atoms with van der Waals surface area (Å²) in [6.45, 7) is 1.75. The van der Waals surface area contributed by atoms with Gasteiger partial charge in [-0.2, -0.15) is 5.10 Å². The van der Waals surface area contributed by atoms with Crippen molar-refractivity contribution < 1.29 is 9.85 Å². The third-order valence-electron chi connectivity index (χ3n) is 2.66. The summed E-state index contributed by atoms with van der Waals surface area (Å²) in [5, 5.41) is 25.8. The summed E-state index contributed by atoms with van der Waals surface area (Å²) in [5.74, 6) is 0. The van der Waals surface area contributed by atoms with Crippen molar-refractivity contribution in [2.75, 3.05) is 5.43 Å². The number of nitrogens with zero attached hydrogens (tertiary/aromatic N) is 3. The van der Waals surface area contributed by atoms with E-state index in [9.17, 15) is 20.2 Å². The molecule has 1 N–H and O–H groups in total. The van der Waals surface area contributed by atoms with Gasteiger partial charge in [0.2, 0.25) is 0 Å². The van der Waals surface area contributed by atoms with Gasteiger partial charge in [0.25, 0.3) is 5.69 Å². The molecule has 0 saturated heterocycles. The molecule has 2 rings (SSSR count). The average molecular weight is 385 g/mol. The topological polar surface area (TPSA) is 111 Å². The van der Waals surface area contributed by atoms with Crippen molar-refractivity contribution in [1.82, 2.24) is 0 Å². The fourth-order valence-corrected chi connectivity index (χ4v) is 2.92. The molecule has 2 aromatic rings. The van der Waals surface area contributed by atoms with Gasteiger partial charge < -0.3 is 0 Å². The molecule has 0 spiro atoms. The monoisotopic (exact) mass is 384 g/mol. The standard InChI is InChI=1S/C12H9BrN4O4S/c1-7(11-4-5-12(13)22-11)14-15-9-3-2-8(16(18)19)6-10(9)17(20)21/h2-6,15H,1H3/b14-7-. The van der Waals surface area contributed by atoms with Crippen LogP contribution in [0.2, 0.25) is 0 Å². The van der Waals surface area contributed by atoms with E-state index < -0.39 is 15.5 Å². The van der Waals surface area contributed by atoms with Gasteiger partial charge >= 0.3 is 5.69 Å². The number of rotatable bonds is 5. The second-order valence-corrected chi connectivity index (χ2v) is 6.59. The highest BCUT2D eigenvalue weighted by Crippen LogP contribution is 2.29. The van der Waals surface area contributed by atoms with Crippen molar-refractivity contribution >= 4 is 50.0 Å². The van der Waals surface area contributed by atoms with Crippen LogP contribution in [0, 0.1) is 20.2 Å². The first-order valence-corrected chi connectivity index (χ1v) is 7.48. The third-order valence-corrected chi connectivity index (χ3v) is 4.40. The van der Waals surface area contributed by atoms with Crippen molar-refractivity contribution in [3.8, 4) is 0 Å². The van der Waals surface area contributed by atoms with Gasteiger partial charge in [-0.1, -0.05) is 0 Å². The normalized spacial score (nSPS) is 11.3. The number of nitro groups is 2. The molecular weight excluding hydrogens is 376 g/mol. The molecule has 0 aliphatic carbocycles. The number of hydrazone groups is 1. The van der Waals surface area contributed by atoms with E-state index in [1.165, 1.54) is 23.5 Å². The van der Waals surface area contributed by atoms with Crippen molar-refractivity contribution in [2.45, 2.75) is 6.92 Å². The summed E-state index contributed by atoms with van der Waals surface area (Å²) < 4.78 is 0.943. The van der Waals surface area contributed by atoms with Crippen LogP contribution in [-0.2, 0) is 0 Å². The molecule has 0 unspecified atom stereocenters. The third kappa shape index (κ3) is 3.65. The molecule has 0 saturated carbocycles. The maximum Gasteiger partial charge on any atom is 0.301 e. The number of nitrogens with one attached hydrogen (secondary N) is 1. The molecule has 10 heteroatoms. The van der Waals surface area contributed by atoms with Gasteiger partial charge in [-0.05, 0) is 41.1 Å². The summed E-state index contributed by atoms with van der Waals surface area (Å²) in [6.07, 6.45) is 0. The van der Waals surface area contributed by atoms with Gasteiger partial charge in [0.15, 0.2) is 0 Å². The second-order valence-electron chi connectivity index (χ2n) is 4.13. The van der Waals surface area contributed by atoms with Crippen LogP contribution in [0.5, 0.6) is 0 Å². The lowest BCUT2D eigenvalue weighted by atomic mass is 10.2. The fraction of sp³-hybridized carbons (Fsp3) is 0.0833. The molecule has 8 nitrogen and oxygen atoms in total. The van der Waals surface area contributed by atoms with Gasteiger partial charge in [-0.25, -0.2) is 0 Å². The van der Waals surface area contributed by atoms with E-state index in [4.69, 9.17) is 0 Å². The largest absolute Gasteiger partial charge is 0.301 e. The van der Waals surface area contributed by atoms with Crippen LogP contribution in [-0.4, -0.2) is 15.6 Å². The van der Waals surface area contributed by atoms with Crippen LogP contribution < -0.4 is 5.43 Å². The minimum absolute atomic E-state index is 0.0885.